The van der Waals surface area contributed by atoms with E-state index in [1.807, 2.05) is 43.3 Å². The zero-order valence-corrected chi connectivity index (χ0v) is 14.6. The van der Waals surface area contributed by atoms with Crippen molar-refractivity contribution in [2.75, 3.05) is 5.32 Å². The first-order valence-corrected chi connectivity index (χ1v) is 9.13. The largest absolute Gasteiger partial charge is 0.461 e. The molecule has 0 spiro atoms. The van der Waals surface area contributed by atoms with E-state index in [1.165, 1.54) is 31.2 Å². The van der Waals surface area contributed by atoms with Crippen LogP contribution in [0.25, 0.3) is 11.0 Å². The Morgan fingerprint density at radius 2 is 1.84 bits per heavy atom. The Bertz CT molecular complexity index is 923. The first-order valence-electron chi connectivity index (χ1n) is 9.13. The van der Waals surface area contributed by atoms with E-state index in [-0.39, 0.29) is 5.91 Å². The second-order valence-electron chi connectivity index (χ2n) is 6.95. The van der Waals surface area contributed by atoms with Crippen LogP contribution in [-0.4, -0.2) is 5.91 Å². The lowest BCUT2D eigenvalue weighted by Gasteiger charge is -2.09. The minimum atomic E-state index is -0.0746. The van der Waals surface area contributed by atoms with E-state index in [9.17, 15) is 4.79 Å². The number of amides is 1. The summed E-state index contributed by atoms with van der Waals surface area (Å²) in [5.74, 6) is 1.06. The molecule has 1 heterocycles. The summed E-state index contributed by atoms with van der Waals surface area (Å²) in [4.78, 5) is 12.5. The number of carbonyl (C=O) groups is 1. The van der Waals surface area contributed by atoms with Gasteiger partial charge in [0.15, 0.2) is 0 Å². The number of benzene rings is 2. The lowest BCUT2D eigenvalue weighted by molar-refractivity contribution is 0.102. The van der Waals surface area contributed by atoms with Crippen LogP contribution in [-0.2, 0) is 12.8 Å². The molecule has 1 N–H and O–H groups in total. The van der Waals surface area contributed by atoms with Crippen molar-refractivity contribution in [3.8, 4) is 0 Å². The minimum absolute atomic E-state index is 0.0746. The Morgan fingerprint density at radius 1 is 1.00 bits per heavy atom. The van der Waals surface area contributed by atoms with Crippen molar-refractivity contribution in [3.05, 3.63) is 64.9 Å². The van der Waals surface area contributed by atoms with Crippen LogP contribution in [0, 0.1) is 6.92 Å². The second-order valence-corrected chi connectivity index (χ2v) is 6.95. The van der Waals surface area contributed by atoms with Crippen molar-refractivity contribution in [2.24, 2.45) is 0 Å². The molecule has 0 atom stereocenters. The number of aryl methyl sites for hydroxylation is 3. The first-order chi connectivity index (χ1) is 12.2. The third-order valence-electron chi connectivity index (χ3n) is 4.99. The van der Waals surface area contributed by atoms with Gasteiger partial charge in [-0.25, -0.2) is 0 Å². The summed E-state index contributed by atoms with van der Waals surface area (Å²) in [6.45, 7) is 1.99. The molecule has 1 aliphatic rings. The van der Waals surface area contributed by atoms with E-state index in [2.05, 4.69) is 11.4 Å². The van der Waals surface area contributed by atoms with Crippen LogP contribution in [0.1, 0.15) is 52.9 Å². The van der Waals surface area contributed by atoms with Crippen molar-refractivity contribution in [2.45, 2.75) is 45.4 Å². The van der Waals surface area contributed by atoms with Gasteiger partial charge in [-0.1, -0.05) is 30.5 Å². The molecule has 1 aromatic heterocycles. The number of anilines is 1. The fraction of sp³-hybridized carbons (Fsp3) is 0.318. The number of hydrogen-bond donors (Lipinski definition) is 1. The molecule has 4 rings (SSSR count). The van der Waals surface area contributed by atoms with Crippen LogP contribution in [0.2, 0.25) is 0 Å². The Balaban J connectivity index is 1.64. The Morgan fingerprint density at radius 3 is 2.68 bits per heavy atom. The summed E-state index contributed by atoms with van der Waals surface area (Å²) in [6, 6.07) is 13.6. The number of hydrogen-bond acceptors (Lipinski definition) is 2. The Hall–Kier alpha value is -2.55. The van der Waals surface area contributed by atoms with Crippen LogP contribution in [0.15, 0.2) is 46.9 Å². The Labute approximate surface area is 148 Å². The maximum Gasteiger partial charge on any atom is 0.255 e. The van der Waals surface area contributed by atoms with Crippen molar-refractivity contribution in [3.63, 3.8) is 0 Å². The summed E-state index contributed by atoms with van der Waals surface area (Å²) in [5.41, 5.74) is 4.86. The predicted octanol–water partition coefficient (Wildman–Crippen LogP) is 5.65. The monoisotopic (exact) mass is 333 g/mol. The number of rotatable bonds is 2. The van der Waals surface area contributed by atoms with Gasteiger partial charge in [0.25, 0.3) is 5.91 Å². The van der Waals surface area contributed by atoms with Crippen LogP contribution < -0.4 is 5.32 Å². The van der Waals surface area contributed by atoms with E-state index in [1.54, 1.807) is 0 Å². The summed E-state index contributed by atoms with van der Waals surface area (Å²) < 4.78 is 6.07. The molecule has 3 nitrogen and oxygen atoms in total. The topological polar surface area (TPSA) is 42.2 Å². The molecular formula is C22H23NO2. The quantitative estimate of drug-likeness (QED) is 0.658. The molecule has 0 radical (unpaired) electrons. The SMILES string of the molecule is Cc1cccc(C(=O)Nc2ccc3oc4c(c3c2)CCCCCC4)c1. The van der Waals surface area contributed by atoms with Gasteiger partial charge in [-0.15, -0.1) is 0 Å². The van der Waals surface area contributed by atoms with E-state index in [0.717, 1.165) is 40.8 Å². The molecule has 25 heavy (non-hydrogen) atoms. The van der Waals surface area contributed by atoms with Crippen LogP contribution in [0.4, 0.5) is 5.69 Å². The van der Waals surface area contributed by atoms with E-state index in [4.69, 9.17) is 4.42 Å². The number of nitrogens with one attached hydrogen (secondary N) is 1. The third-order valence-corrected chi connectivity index (χ3v) is 4.99. The smallest absolute Gasteiger partial charge is 0.255 e. The zero-order chi connectivity index (χ0) is 17.2. The zero-order valence-electron chi connectivity index (χ0n) is 14.6. The molecule has 0 saturated carbocycles. The average molecular weight is 333 g/mol. The van der Waals surface area contributed by atoms with Gasteiger partial charge in [-0.05, 0) is 56.5 Å². The molecule has 3 aromatic rings. The number of carbonyl (C=O) groups excluding carboxylic acids is 1. The van der Waals surface area contributed by atoms with Crippen molar-refractivity contribution >= 4 is 22.6 Å². The van der Waals surface area contributed by atoms with Gasteiger partial charge in [0.2, 0.25) is 0 Å². The lowest BCUT2D eigenvalue weighted by atomic mass is 9.97. The van der Waals surface area contributed by atoms with Gasteiger partial charge in [0, 0.05) is 28.6 Å². The summed E-state index contributed by atoms with van der Waals surface area (Å²) in [6.07, 6.45) is 7.07. The number of fused-ring (bicyclic) bond motifs is 3. The molecule has 128 valence electrons. The highest BCUT2D eigenvalue weighted by molar-refractivity contribution is 6.05. The van der Waals surface area contributed by atoms with Crippen LogP contribution in [0.3, 0.4) is 0 Å². The van der Waals surface area contributed by atoms with Gasteiger partial charge >= 0.3 is 0 Å². The minimum Gasteiger partial charge on any atom is -0.461 e. The summed E-state index contributed by atoms with van der Waals surface area (Å²) >= 11 is 0. The first kappa shape index (κ1) is 15.9. The predicted molar refractivity (Wildman–Crippen MR) is 101 cm³/mol. The summed E-state index contributed by atoms with van der Waals surface area (Å²) in [5, 5.41) is 4.17. The standard InChI is InChI=1S/C22H23NO2/c1-15-7-6-8-16(13-15)22(24)23-17-11-12-21-19(14-17)18-9-4-2-3-5-10-20(18)25-21/h6-8,11-14H,2-5,9-10H2,1H3,(H,23,24). The molecule has 1 amide bonds. The molecule has 1 aliphatic carbocycles. The fourth-order valence-corrected chi connectivity index (χ4v) is 3.68. The van der Waals surface area contributed by atoms with Crippen molar-refractivity contribution in [1.82, 2.24) is 0 Å². The highest BCUT2D eigenvalue weighted by Crippen LogP contribution is 2.32. The maximum atomic E-state index is 12.5. The molecular weight excluding hydrogens is 310 g/mol. The van der Waals surface area contributed by atoms with Gasteiger partial charge < -0.3 is 9.73 Å². The molecule has 0 fully saturated rings. The molecule has 0 bridgehead atoms. The molecule has 3 heteroatoms. The summed E-state index contributed by atoms with van der Waals surface area (Å²) in [7, 11) is 0. The number of furan rings is 1. The third kappa shape index (κ3) is 3.32. The van der Waals surface area contributed by atoms with Crippen molar-refractivity contribution < 1.29 is 9.21 Å². The second kappa shape index (κ2) is 6.75. The molecule has 2 aromatic carbocycles. The molecule has 0 aliphatic heterocycles. The van der Waals surface area contributed by atoms with Crippen molar-refractivity contribution in [1.29, 1.82) is 0 Å². The van der Waals surface area contributed by atoms with Gasteiger partial charge in [-0.3, -0.25) is 4.79 Å². The van der Waals surface area contributed by atoms with Crippen LogP contribution >= 0.6 is 0 Å². The lowest BCUT2D eigenvalue weighted by Crippen LogP contribution is -2.11. The van der Waals surface area contributed by atoms with E-state index in [0.29, 0.717) is 5.56 Å². The normalized spacial score (nSPS) is 14.6. The molecule has 0 saturated heterocycles. The maximum absolute atomic E-state index is 12.5. The van der Waals surface area contributed by atoms with E-state index >= 15 is 0 Å². The van der Waals surface area contributed by atoms with Crippen LogP contribution in [0.5, 0.6) is 0 Å². The fourth-order valence-electron chi connectivity index (χ4n) is 3.68. The molecule has 0 unspecified atom stereocenters. The van der Waals surface area contributed by atoms with E-state index < -0.39 is 0 Å². The van der Waals surface area contributed by atoms with Gasteiger partial charge in [-0.2, -0.15) is 0 Å². The highest BCUT2D eigenvalue weighted by Gasteiger charge is 2.16. The highest BCUT2D eigenvalue weighted by atomic mass is 16.3. The average Bonchev–Trinajstić information content (AvgIpc) is 2.91. The van der Waals surface area contributed by atoms with Gasteiger partial charge in [0.1, 0.15) is 11.3 Å². The van der Waals surface area contributed by atoms with Gasteiger partial charge in [0.05, 0.1) is 0 Å². The Kier molecular flexibility index (Phi) is 4.31.